The number of aromatic nitrogens is 2. The molecule has 0 radical (unpaired) electrons. The van der Waals surface area contributed by atoms with Crippen molar-refractivity contribution in [3.05, 3.63) is 35.9 Å². The molecule has 0 fully saturated rings. The minimum absolute atomic E-state index is 0.0310. The largest absolute Gasteiger partial charge is 0.447 e. The maximum atomic E-state index is 11.9. The Morgan fingerprint density at radius 2 is 2.14 bits per heavy atom. The van der Waals surface area contributed by atoms with E-state index in [0.717, 1.165) is 22.8 Å². The lowest BCUT2D eigenvalue weighted by molar-refractivity contribution is 0.389. The fourth-order valence-electron chi connectivity index (χ4n) is 1.82. The highest BCUT2D eigenvalue weighted by Crippen LogP contribution is 2.16. The van der Waals surface area contributed by atoms with Gasteiger partial charge in [-0.2, -0.15) is 5.10 Å². The summed E-state index contributed by atoms with van der Waals surface area (Å²) < 4.78 is 32.0. The Kier molecular flexibility index (Phi) is 4.81. The van der Waals surface area contributed by atoms with Gasteiger partial charge in [-0.3, -0.25) is 4.68 Å². The SMILES string of the molecule is CN(C)S(=O)(=O)c1ccc(CNCCc2cnn(C)c2)o1. The molecule has 2 rings (SSSR count). The monoisotopic (exact) mass is 312 g/mol. The molecule has 0 aliphatic rings. The molecule has 0 spiro atoms. The smallest absolute Gasteiger partial charge is 0.275 e. The number of nitrogens with zero attached hydrogens (tertiary/aromatic N) is 3. The molecule has 8 heteroatoms. The van der Waals surface area contributed by atoms with Crippen molar-refractivity contribution in [2.24, 2.45) is 7.05 Å². The number of hydrogen-bond donors (Lipinski definition) is 1. The fraction of sp³-hybridized carbons (Fsp3) is 0.462. The molecular formula is C13H20N4O3S. The molecule has 0 bridgehead atoms. The van der Waals surface area contributed by atoms with Crippen LogP contribution in [-0.4, -0.2) is 43.1 Å². The second-order valence-electron chi connectivity index (χ2n) is 4.96. The van der Waals surface area contributed by atoms with E-state index < -0.39 is 10.0 Å². The predicted molar refractivity (Wildman–Crippen MR) is 78.2 cm³/mol. The predicted octanol–water partition coefficient (Wildman–Crippen LogP) is 0.596. The van der Waals surface area contributed by atoms with Gasteiger partial charge in [-0.25, -0.2) is 12.7 Å². The van der Waals surface area contributed by atoms with Crippen molar-refractivity contribution in [2.45, 2.75) is 18.1 Å². The van der Waals surface area contributed by atoms with Crippen LogP contribution in [0, 0.1) is 0 Å². The number of aryl methyl sites for hydroxylation is 1. The Hall–Kier alpha value is -1.64. The molecule has 0 saturated carbocycles. The highest BCUT2D eigenvalue weighted by molar-refractivity contribution is 7.88. The topological polar surface area (TPSA) is 80.4 Å². The molecule has 0 aromatic carbocycles. The number of nitrogens with one attached hydrogen (secondary N) is 1. The lowest BCUT2D eigenvalue weighted by Gasteiger charge is -2.07. The molecule has 21 heavy (non-hydrogen) atoms. The van der Waals surface area contributed by atoms with Crippen molar-refractivity contribution < 1.29 is 12.8 Å². The zero-order valence-electron chi connectivity index (χ0n) is 12.4. The summed E-state index contributed by atoms with van der Waals surface area (Å²) in [4.78, 5) is 0. The summed E-state index contributed by atoms with van der Waals surface area (Å²) in [5, 5.41) is 7.28. The van der Waals surface area contributed by atoms with E-state index >= 15 is 0 Å². The normalized spacial score (nSPS) is 12.2. The molecule has 2 heterocycles. The lowest BCUT2D eigenvalue weighted by Crippen LogP contribution is -2.21. The highest BCUT2D eigenvalue weighted by atomic mass is 32.2. The van der Waals surface area contributed by atoms with Crippen molar-refractivity contribution >= 4 is 10.0 Å². The molecular weight excluding hydrogens is 292 g/mol. The van der Waals surface area contributed by atoms with Gasteiger partial charge in [-0.1, -0.05) is 0 Å². The van der Waals surface area contributed by atoms with Crippen molar-refractivity contribution in [3.8, 4) is 0 Å². The first kappa shape index (κ1) is 15.7. The highest BCUT2D eigenvalue weighted by Gasteiger charge is 2.21. The average molecular weight is 312 g/mol. The fourth-order valence-corrected chi connectivity index (χ4v) is 2.63. The van der Waals surface area contributed by atoms with Gasteiger partial charge in [0.25, 0.3) is 10.0 Å². The summed E-state index contributed by atoms with van der Waals surface area (Å²) in [5.41, 5.74) is 1.15. The van der Waals surface area contributed by atoms with Gasteiger partial charge in [-0.15, -0.1) is 0 Å². The van der Waals surface area contributed by atoms with E-state index in [9.17, 15) is 8.42 Å². The second kappa shape index (κ2) is 6.42. The first-order valence-electron chi connectivity index (χ1n) is 6.59. The van der Waals surface area contributed by atoms with E-state index in [1.165, 1.54) is 20.2 Å². The molecule has 0 saturated heterocycles. The summed E-state index contributed by atoms with van der Waals surface area (Å²) in [6.45, 7) is 1.26. The third kappa shape index (κ3) is 3.93. The molecule has 0 aliphatic carbocycles. The van der Waals surface area contributed by atoms with E-state index in [4.69, 9.17) is 4.42 Å². The van der Waals surface area contributed by atoms with Crippen LogP contribution in [0.1, 0.15) is 11.3 Å². The van der Waals surface area contributed by atoms with Gasteiger partial charge in [0.2, 0.25) is 5.09 Å². The maximum Gasteiger partial charge on any atom is 0.275 e. The zero-order valence-corrected chi connectivity index (χ0v) is 13.2. The molecule has 0 unspecified atom stereocenters. The van der Waals surface area contributed by atoms with Gasteiger partial charge in [-0.05, 0) is 30.7 Å². The molecule has 116 valence electrons. The Morgan fingerprint density at radius 1 is 1.38 bits per heavy atom. The Labute approximate surface area is 124 Å². The first-order valence-corrected chi connectivity index (χ1v) is 8.03. The van der Waals surface area contributed by atoms with Crippen LogP contribution in [0.2, 0.25) is 0 Å². The Bertz CT molecular complexity index is 688. The van der Waals surface area contributed by atoms with E-state index in [1.807, 2.05) is 19.4 Å². The van der Waals surface area contributed by atoms with E-state index in [0.29, 0.717) is 12.3 Å². The van der Waals surface area contributed by atoms with Crippen LogP contribution in [0.15, 0.2) is 34.0 Å². The van der Waals surface area contributed by atoms with Gasteiger partial charge in [0, 0.05) is 27.3 Å². The van der Waals surface area contributed by atoms with Gasteiger partial charge >= 0.3 is 0 Å². The van der Waals surface area contributed by atoms with Gasteiger partial charge in [0.05, 0.1) is 12.7 Å². The molecule has 2 aromatic rings. The van der Waals surface area contributed by atoms with E-state index in [1.54, 1.807) is 10.7 Å². The van der Waals surface area contributed by atoms with Crippen LogP contribution in [0.5, 0.6) is 0 Å². The molecule has 2 aromatic heterocycles. The van der Waals surface area contributed by atoms with Crippen LogP contribution in [0.3, 0.4) is 0 Å². The third-order valence-corrected chi connectivity index (χ3v) is 4.71. The summed E-state index contributed by atoms with van der Waals surface area (Å²) in [6.07, 6.45) is 4.66. The Morgan fingerprint density at radius 3 is 2.76 bits per heavy atom. The first-order chi connectivity index (χ1) is 9.89. The van der Waals surface area contributed by atoms with Crippen molar-refractivity contribution in [1.29, 1.82) is 0 Å². The van der Waals surface area contributed by atoms with Crippen LogP contribution in [-0.2, 0) is 30.0 Å². The minimum atomic E-state index is -3.50. The molecule has 7 nitrogen and oxygen atoms in total. The quantitative estimate of drug-likeness (QED) is 0.757. The van der Waals surface area contributed by atoms with Crippen molar-refractivity contribution in [1.82, 2.24) is 19.4 Å². The minimum Gasteiger partial charge on any atom is -0.447 e. The number of hydrogen-bond acceptors (Lipinski definition) is 5. The Balaban J connectivity index is 1.83. The second-order valence-corrected chi connectivity index (χ2v) is 7.04. The zero-order chi connectivity index (χ0) is 15.5. The van der Waals surface area contributed by atoms with Crippen LogP contribution < -0.4 is 5.32 Å². The van der Waals surface area contributed by atoms with Gasteiger partial charge in [0.1, 0.15) is 5.76 Å². The van der Waals surface area contributed by atoms with Crippen LogP contribution >= 0.6 is 0 Å². The van der Waals surface area contributed by atoms with Gasteiger partial charge < -0.3 is 9.73 Å². The molecule has 0 aliphatic heterocycles. The van der Waals surface area contributed by atoms with E-state index in [2.05, 4.69) is 10.4 Å². The van der Waals surface area contributed by atoms with E-state index in [-0.39, 0.29) is 5.09 Å². The molecule has 1 N–H and O–H groups in total. The third-order valence-electron chi connectivity index (χ3n) is 3.02. The summed E-state index contributed by atoms with van der Waals surface area (Å²) in [7, 11) is 1.33. The van der Waals surface area contributed by atoms with Crippen LogP contribution in [0.25, 0.3) is 0 Å². The van der Waals surface area contributed by atoms with Crippen molar-refractivity contribution in [3.63, 3.8) is 0 Å². The van der Waals surface area contributed by atoms with Gasteiger partial charge in [0.15, 0.2) is 0 Å². The number of furan rings is 1. The average Bonchev–Trinajstić information content (AvgIpc) is 3.04. The maximum absolute atomic E-state index is 11.9. The lowest BCUT2D eigenvalue weighted by atomic mass is 10.2. The molecule has 0 amide bonds. The number of sulfonamides is 1. The summed E-state index contributed by atoms with van der Waals surface area (Å²) >= 11 is 0. The van der Waals surface area contributed by atoms with Crippen molar-refractivity contribution in [2.75, 3.05) is 20.6 Å². The van der Waals surface area contributed by atoms with Crippen LogP contribution in [0.4, 0.5) is 0 Å². The summed E-state index contributed by atoms with van der Waals surface area (Å²) in [5.74, 6) is 0.599. The summed E-state index contributed by atoms with van der Waals surface area (Å²) in [6, 6.07) is 3.15. The number of rotatable bonds is 7. The molecule has 0 atom stereocenters. The standard InChI is InChI=1S/C13H20N4O3S/c1-16(2)21(18,19)13-5-4-12(20-13)9-14-7-6-11-8-15-17(3)10-11/h4-5,8,10,14H,6-7,9H2,1-3H3.